The van der Waals surface area contributed by atoms with Crippen molar-refractivity contribution in [2.24, 2.45) is 0 Å². The second-order valence-electron chi connectivity index (χ2n) is 5.94. The van der Waals surface area contributed by atoms with E-state index >= 15 is 0 Å². The van der Waals surface area contributed by atoms with Crippen LogP contribution < -0.4 is 4.74 Å². The molecule has 26 heavy (non-hydrogen) atoms. The molecule has 0 N–H and O–H groups in total. The van der Waals surface area contributed by atoms with Crippen molar-refractivity contribution in [1.29, 1.82) is 0 Å². The van der Waals surface area contributed by atoms with Gasteiger partial charge in [-0.15, -0.1) is 11.3 Å². The minimum Gasteiger partial charge on any atom is -0.494 e. The van der Waals surface area contributed by atoms with Crippen LogP contribution in [0.5, 0.6) is 5.75 Å². The summed E-state index contributed by atoms with van der Waals surface area (Å²) in [5.41, 5.74) is 5.71. The zero-order chi connectivity index (χ0) is 17.8. The summed E-state index contributed by atoms with van der Waals surface area (Å²) in [5.74, 6) is 0.893. The number of ether oxygens (including phenoxy) is 1. The maximum atomic E-state index is 5.50. The molecule has 0 spiro atoms. The molecule has 0 atom stereocenters. The molecular weight excluding hydrogens is 338 g/mol. The van der Waals surface area contributed by atoms with Gasteiger partial charge in [0.05, 0.1) is 12.3 Å². The standard InChI is InChI=1S/C23H19NOS/c1-2-25-21-14-12-20(13-15-21)23-24-22(16-26-23)19-10-8-18(9-11-19)17-6-4-3-5-7-17/h3-16H,2H2,1H3. The summed E-state index contributed by atoms with van der Waals surface area (Å²) < 4.78 is 5.50. The van der Waals surface area contributed by atoms with Crippen LogP contribution in [0.4, 0.5) is 0 Å². The first-order chi connectivity index (χ1) is 12.8. The average Bonchev–Trinajstić information content (AvgIpc) is 3.20. The van der Waals surface area contributed by atoms with Gasteiger partial charge >= 0.3 is 0 Å². The second kappa shape index (κ2) is 7.54. The molecule has 0 aliphatic rings. The number of nitrogens with zero attached hydrogens (tertiary/aromatic N) is 1. The van der Waals surface area contributed by atoms with Crippen molar-refractivity contribution in [3.8, 4) is 38.7 Å². The molecule has 0 bridgehead atoms. The maximum absolute atomic E-state index is 5.50. The predicted molar refractivity (Wildman–Crippen MR) is 110 cm³/mol. The Kier molecular flexibility index (Phi) is 4.80. The quantitative estimate of drug-likeness (QED) is 0.404. The van der Waals surface area contributed by atoms with Gasteiger partial charge in [0.15, 0.2) is 0 Å². The van der Waals surface area contributed by atoms with Gasteiger partial charge in [-0.25, -0.2) is 4.98 Å². The molecule has 1 aromatic heterocycles. The normalized spacial score (nSPS) is 10.7. The van der Waals surface area contributed by atoms with Crippen molar-refractivity contribution >= 4 is 11.3 Å². The summed E-state index contributed by atoms with van der Waals surface area (Å²) in [7, 11) is 0. The molecule has 0 aliphatic carbocycles. The first-order valence-corrected chi connectivity index (χ1v) is 9.56. The van der Waals surface area contributed by atoms with Crippen LogP contribution in [0.1, 0.15) is 6.92 Å². The van der Waals surface area contributed by atoms with E-state index in [9.17, 15) is 0 Å². The largest absolute Gasteiger partial charge is 0.494 e. The first kappa shape index (κ1) is 16.6. The molecule has 0 fully saturated rings. The summed E-state index contributed by atoms with van der Waals surface area (Å²) in [4.78, 5) is 4.81. The molecule has 1 heterocycles. The molecule has 0 amide bonds. The Morgan fingerprint density at radius 2 is 1.35 bits per heavy atom. The summed E-state index contributed by atoms with van der Waals surface area (Å²) in [6, 6.07) is 27.1. The highest BCUT2D eigenvalue weighted by Gasteiger charge is 2.07. The monoisotopic (exact) mass is 357 g/mol. The van der Waals surface area contributed by atoms with Crippen molar-refractivity contribution in [3.05, 3.63) is 84.2 Å². The summed E-state index contributed by atoms with van der Waals surface area (Å²) in [6.07, 6.45) is 0. The highest BCUT2D eigenvalue weighted by molar-refractivity contribution is 7.13. The molecule has 2 nitrogen and oxygen atoms in total. The fraction of sp³-hybridized carbons (Fsp3) is 0.0870. The van der Waals surface area contributed by atoms with E-state index in [0.29, 0.717) is 6.61 Å². The van der Waals surface area contributed by atoms with Gasteiger partial charge < -0.3 is 4.74 Å². The SMILES string of the molecule is CCOc1ccc(-c2nc(-c3ccc(-c4ccccc4)cc3)cs2)cc1. The second-order valence-corrected chi connectivity index (χ2v) is 6.80. The highest BCUT2D eigenvalue weighted by Crippen LogP contribution is 2.31. The lowest BCUT2D eigenvalue weighted by Gasteiger charge is -2.03. The predicted octanol–water partition coefficient (Wildman–Crippen LogP) is 6.54. The van der Waals surface area contributed by atoms with Crippen LogP contribution in [-0.2, 0) is 0 Å². The van der Waals surface area contributed by atoms with Crippen molar-refractivity contribution in [3.63, 3.8) is 0 Å². The van der Waals surface area contributed by atoms with E-state index in [2.05, 4.69) is 66.0 Å². The minimum absolute atomic E-state index is 0.680. The molecule has 4 rings (SSSR count). The third kappa shape index (κ3) is 3.53. The molecule has 0 aliphatic heterocycles. The molecular formula is C23H19NOS. The van der Waals surface area contributed by atoms with E-state index in [-0.39, 0.29) is 0 Å². The van der Waals surface area contributed by atoms with Crippen LogP contribution >= 0.6 is 11.3 Å². The molecule has 3 heteroatoms. The van der Waals surface area contributed by atoms with Gasteiger partial charge in [-0.1, -0.05) is 54.6 Å². The zero-order valence-electron chi connectivity index (χ0n) is 14.6. The van der Waals surface area contributed by atoms with Crippen LogP contribution in [0.25, 0.3) is 33.0 Å². The van der Waals surface area contributed by atoms with Gasteiger partial charge in [0.25, 0.3) is 0 Å². The number of hydrogen-bond acceptors (Lipinski definition) is 3. The molecule has 0 saturated heterocycles. The third-order valence-electron chi connectivity index (χ3n) is 4.20. The van der Waals surface area contributed by atoms with Crippen LogP contribution in [0.2, 0.25) is 0 Å². The number of hydrogen-bond donors (Lipinski definition) is 0. The van der Waals surface area contributed by atoms with Gasteiger partial charge in [-0.3, -0.25) is 0 Å². The first-order valence-electron chi connectivity index (χ1n) is 8.68. The Bertz CT molecular complexity index is 973. The van der Waals surface area contributed by atoms with Crippen molar-refractivity contribution in [1.82, 2.24) is 4.98 Å². The van der Waals surface area contributed by atoms with Crippen LogP contribution in [0, 0.1) is 0 Å². The fourth-order valence-electron chi connectivity index (χ4n) is 2.86. The number of aromatic nitrogens is 1. The van der Waals surface area contributed by atoms with E-state index in [1.54, 1.807) is 11.3 Å². The number of benzene rings is 3. The average molecular weight is 357 g/mol. The zero-order valence-corrected chi connectivity index (χ0v) is 15.4. The minimum atomic E-state index is 0.680. The van der Waals surface area contributed by atoms with E-state index < -0.39 is 0 Å². The smallest absolute Gasteiger partial charge is 0.124 e. The van der Waals surface area contributed by atoms with Gasteiger partial charge in [-0.05, 0) is 42.3 Å². The molecule has 3 aromatic carbocycles. The molecule has 0 saturated carbocycles. The summed E-state index contributed by atoms with van der Waals surface area (Å²) in [6.45, 7) is 2.67. The molecule has 0 radical (unpaired) electrons. The van der Waals surface area contributed by atoms with E-state index in [1.807, 2.05) is 25.1 Å². The highest BCUT2D eigenvalue weighted by atomic mass is 32.1. The summed E-state index contributed by atoms with van der Waals surface area (Å²) >= 11 is 1.67. The van der Waals surface area contributed by atoms with Crippen LogP contribution in [-0.4, -0.2) is 11.6 Å². The Morgan fingerprint density at radius 3 is 2.04 bits per heavy atom. The number of rotatable bonds is 5. The van der Waals surface area contributed by atoms with Gasteiger partial charge in [0, 0.05) is 16.5 Å². The van der Waals surface area contributed by atoms with E-state index in [4.69, 9.17) is 9.72 Å². The van der Waals surface area contributed by atoms with Gasteiger partial charge in [-0.2, -0.15) is 0 Å². The lowest BCUT2D eigenvalue weighted by atomic mass is 10.0. The van der Waals surface area contributed by atoms with Crippen molar-refractivity contribution < 1.29 is 4.74 Å². The topological polar surface area (TPSA) is 22.1 Å². The van der Waals surface area contributed by atoms with Gasteiger partial charge in [0.2, 0.25) is 0 Å². The van der Waals surface area contributed by atoms with Crippen LogP contribution in [0.3, 0.4) is 0 Å². The fourth-order valence-corrected chi connectivity index (χ4v) is 3.70. The maximum Gasteiger partial charge on any atom is 0.124 e. The lowest BCUT2D eigenvalue weighted by molar-refractivity contribution is 0.340. The Balaban J connectivity index is 1.56. The number of thiazole rings is 1. The Labute approximate surface area is 157 Å². The van der Waals surface area contributed by atoms with E-state index in [1.165, 1.54) is 11.1 Å². The van der Waals surface area contributed by atoms with E-state index in [0.717, 1.165) is 27.6 Å². The Morgan fingerprint density at radius 1 is 0.731 bits per heavy atom. The van der Waals surface area contributed by atoms with Gasteiger partial charge in [0.1, 0.15) is 10.8 Å². The van der Waals surface area contributed by atoms with Crippen LogP contribution in [0.15, 0.2) is 84.2 Å². The molecule has 128 valence electrons. The molecule has 0 unspecified atom stereocenters. The van der Waals surface area contributed by atoms with Crippen molar-refractivity contribution in [2.75, 3.05) is 6.61 Å². The lowest BCUT2D eigenvalue weighted by Crippen LogP contribution is -1.90. The Hall–Kier alpha value is -2.91. The molecule has 4 aromatic rings. The summed E-state index contributed by atoms with van der Waals surface area (Å²) in [5, 5.41) is 3.14. The third-order valence-corrected chi connectivity index (χ3v) is 5.10. The van der Waals surface area contributed by atoms with Crippen molar-refractivity contribution in [2.45, 2.75) is 6.92 Å².